The van der Waals surface area contributed by atoms with Crippen LogP contribution in [0.15, 0.2) is 53.1 Å². The molecule has 3 aromatic rings. The van der Waals surface area contributed by atoms with Crippen molar-refractivity contribution in [2.24, 2.45) is 0 Å². The van der Waals surface area contributed by atoms with Gasteiger partial charge in [-0.3, -0.25) is 4.79 Å². The Morgan fingerprint density at radius 2 is 1.72 bits per heavy atom. The summed E-state index contributed by atoms with van der Waals surface area (Å²) >= 11 is 0. The second-order valence-electron chi connectivity index (χ2n) is 6.29. The number of amides is 1. The summed E-state index contributed by atoms with van der Waals surface area (Å²) in [6.45, 7) is 1.24. The van der Waals surface area contributed by atoms with Gasteiger partial charge in [-0.1, -0.05) is 5.16 Å². The van der Waals surface area contributed by atoms with Gasteiger partial charge in [-0.2, -0.15) is 0 Å². The Morgan fingerprint density at radius 1 is 1.00 bits per heavy atom. The van der Waals surface area contributed by atoms with Crippen LogP contribution in [0.5, 0.6) is 11.5 Å². The summed E-state index contributed by atoms with van der Waals surface area (Å²) in [4.78, 5) is 23.7. The first-order valence-electron chi connectivity index (χ1n) is 8.96. The monoisotopic (exact) mass is 394 g/mol. The third-order valence-electron chi connectivity index (χ3n) is 4.38. The number of nitrogens with one attached hydrogen (secondary N) is 1. The fraction of sp³-hybridized carbons (Fsp3) is 0.190. The van der Waals surface area contributed by atoms with Crippen molar-refractivity contribution in [2.75, 3.05) is 20.3 Å². The highest BCUT2D eigenvalue weighted by Gasteiger charge is 2.15. The molecule has 0 fully saturated rings. The van der Waals surface area contributed by atoms with Gasteiger partial charge in [0.1, 0.15) is 18.9 Å². The molecule has 1 amide bonds. The lowest BCUT2D eigenvalue weighted by atomic mass is 10.1. The molecule has 1 N–H and O–H groups in total. The molecule has 0 atom stereocenters. The molecule has 1 aliphatic rings. The lowest BCUT2D eigenvalue weighted by molar-refractivity contribution is 0.0600. The van der Waals surface area contributed by atoms with Crippen LogP contribution in [0, 0.1) is 0 Å². The molecule has 0 bridgehead atoms. The van der Waals surface area contributed by atoms with E-state index in [2.05, 4.69) is 15.2 Å². The molecule has 4 rings (SSSR count). The molecule has 0 unspecified atom stereocenters. The minimum atomic E-state index is -0.453. The highest BCUT2D eigenvalue weighted by molar-refractivity contribution is 5.96. The van der Waals surface area contributed by atoms with Gasteiger partial charge in [-0.25, -0.2) is 4.79 Å². The predicted octanol–water partition coefficient (Wildman–Crippen LogP) is 2.83. The molecule has 8 nitrogen and oxygen atoms in total. The van der Waals surface area contributed by atoms with Crippen molar-refractivity contribution < 1.29 is 28.3 Å². The van der Waals surface area contributed by atoms with Gasteiger partial charge in [0.2, 0.25) is 0 Å². The van der Waals surface area contributed by atoms with Gasteiger partial charge in [0, 0.05) is 17.2 Å². The molecule has 0 radical (unpaired) electrons. The van der Waals surface area contributed by atoms with E-state index < -0.39 is 5.97 Å². The van der Waals surface area contributed by atoms with E-state index in [9.17, 15) is 9.59 Å². The number of rotatable bonds is 5. The lowest BCUT2D eigenvalue weighted by Gasteiger charge is -2.18. The summed E-state index contributed by atoms with van der Waals surface area (Å²) < 4.78 is 21.1. The topological polar surface area (TPSA) is 99.9 Å². The zero-order valence-electron chi connectivity index (χ0n) is 15.6. The molecule has 2 aromatic carbocycles. The van der Waals surface area contributed by atoms with Crippen LogP contribution in [0.4, 0.5) is 0 Å². The summed E-state index contributed by atoms with van der Waals surface area (Å²) in [7, 11) is 1.31. The molecule has 148 valence electrons. The number of methoxy groups -OCH3 is 1. The summed E-state index contributed by atoms with van der Waals surface area (Å²) in [5.74, 6) is 1.19. The van der Waals surface area contributed by atoms with Crippen molar-refractivity contribution in [2.45, 2.75) is 6.54 Å². The normalized spacial score (nSPS) is 12.3. The van der Waals surface area contributed by atoms with Crippen LogP contribution in [0.3, 0.4) is 0 Å². The van der Waals surface area contributed by atoms with Gasteiger partial charge in [0.05, 0.1) is 19.2 Å². The van der Waals surface area contributed by atoms with Crippen LogP contribution in [-0.4, -0.2) is 37.4 Å². The maximum Gasteiger partial charge on any atom is 0.337 e. The Bertz CT molecular complexity index is 1040. The van der Waals surface area contributed by atoms with E-state index in [1.54, 1.807) is 18.2 Å². The minimum absolute atomic E-state index is 0.200. The van der Waals surface area contributed by atoms with E-state index in [0.717, 1.165) is 5.56 Å². The van der Waals surface area contributed by atoms with E-state index in [1.165, 1.54) is 19.2 Å². The van der Waals surface area contributed by atoms with Gasteiger partial charge in [-0.15, -0.1) is 0 Å². The SMILES string of the molecule is COC(=O)c1ccc(C(=O)NCc2cc(-c3ccc4c(c3)OCCO4)on2)cc1. The number of carbonyl (C=O) groups excluding carboxylic acids is 2. The third kappa shape index (κ3) is 4.06. The fourth-order valence-electron chi connectivity index (χ4n) is 2.88. The van der Waals surface area contributed by atoms with Crippen LogP contribution in [0.2, 0.25) is 0 Å². The first-order valence-corrected chi connectivity index (χ1v) is 8.96. The Balaban J connectivity index is 1.39. The van der Waals surface area contributed by atoms with E-state index in [0.29, 0.717) is 47.3 Å². The maximum absolute atomic E-state index is 12.3. The van der Waals surface area contributed by atoms with E-state index in [1.807, 2.05) is 18.2 Å². The van der Waals surface area contributed by atoms with Gasteiger partial charge in [-0.05, 0) is 42.5 Å². The van der Waals surface area contributed by atoms with Gasteiger partial charge < -0.3 is 24.1 Å². The predicted molar refractivity (Wildman–Crippen MR) is 102 cm³/mol. The van der Waals surface area contributed by atoms with Crippen molar-refractivity contribution in [1.82, 2.24) is 10.5 Å². The highest BCUT2D eigenvalue weighted by Crippen LogP contribution is 2.34. The maximum atomic E-state index is 12.3. The van der Waals surface area contributed by atoms with Crippen LogP contribution in [0.1, 0.15) is 26.4 Å². The molecule has 2 heterocycles. The molecule has 1 aromatic heterocycles. The number of hydrogen-bond acceptors (Lipinski definition) is 7. The average Bonchev–Trinajstić information content (AvgIpc) is 3.26. The van der Waals surface area contributed by atoms with Crippen LogP contribution < -0.4 is 14.8 Å². The molecular weight excluding hydrogens is 376 g/mol. The van der Waals surface area contributed by atoms with Crippen LogP contribution in [-0.2, 0) is 11.3 Å². The average molecular weight is 394 g/mol. The summed E-state index contributed by atoms with van der Waals surface area (Å²) in [6.07, 6.45) is 0. The number of benzene rings is 2. The number of ether oxygens (including phenoxy) is 3. The standard InChI is InChI=1S/C21H18N2O6/c1-26-21(25)14-4-2-13(3-5-14)20(24)22-12-16-11-18(29-23-16)15-6-7-17-19(10-15)28-9-8-27-17/h2-7,10-11H,8-9,12H2,1H3,(H,22,24). The molecular formula is C21H18N2O6. The Labute approximate surface area is 166 Å². The largest absolute Gasteiger partial charge is 0.486 e. The minimum Gasteiger partial charge on any atom is -0.486 e. The smallest absolute Gasteiger partial charge is 0.337 e. The molecule has 8 heteroatoms. The molecule has 0 spiro atoms. The van der Waals surface area contributed by atoms with Crippen molar-refractivity contribution in [1.29, 1.82) is 0 Å². The van der Waals surface area contributed by atoms with E-state index in [4.69, 9.17) is 14.0 Å². The fourth-order valence-corrected chi connectivity index (χ4v) is 2.88. The summed E-state index contributed by atoms with van der Waals surface area (Å²) in [6, 6.07) is 13.5. The first kappa shape index (κ1) is 18.5. The van der Waals surface area contributed by atoms with Gasteiger partial charge >= 0.3 is 5.97 Å². The zero-order valence-corrected chi connectivity index (χ0v) is 15.6. The molecule has 1 aliphatic heterocycles. The van der Waals surface area contributed by atoms with Crippen LogP contribution >= 0.6 is 0 Å². The molecule has 29 heavy (non-hydrogen) atoms. The number of aromatic nitrogens is 1. The Kier molecular flexibility index (Phi) is 5.15. The second-order valence-corrected chi connectivity index (χ2v) is 6.29. The van der Waals surface area contributed by atoms with E-state index >= 15 is 0 Å². The zero-order chi connectivity index (χ0) is 20.2. The van der Waals surface area contributed by atoms with Gasteiger partial charge in [0.25, 0.3) is 5.91 Å². The number of nitrogens with zero attached hydrogens (tertiary/aromatic N) is 1. The van der Waals surface area contributed by atoms with Crippen molar-refractivity contribution >= 4 is 11.9 Å². The number of esters is 1. The number of carbonyl (C=O) groups is 2. The summed E-state index contributed by atoms with van der Waals surface area (Å²) in [5.41, 5.74) is 2.19. The molecule has 0 aliphatic carbocycles. The molecule has 0 saturated heterocycles. The Morgan fingerprint density at radius 3 is 2.48 bits per heavy atom. The van der Waals surface area contributed by atoms with Crippen LogP contribution in [0.25, 0.3) is 11.3 Å². The molecule has 0 saturated carbocycles. The Hall–Kier alpha value is -3.81. The second kappa shape index (κ2) is 8.05. The van der Waals surface area contributed by atoms with Crippen molar-refractivity contribution in [3.05, 3.63) is 65.4 Å². The summed E-state index contributed by atoms with van der Waals surface area (Å²) in [5, 5.41) is 6.77. The first-order chi connectivity index (χ1) is 14.1. The number of fused-ring (bicyclic) bond motifs is 1. The van der Waals surface area contributed by atoms with Crippen molar-refractivity contribution in [3.63, 3.8) is 0 Å². The lowest BCUT2D eigenvalue weighted by Crippen LogP contribution is -2.23. The van der Waals surface area contributed by atoms with Gasteiger partial charge in [0.15, 0.2) is 17.3 Å². The quantitative estimate of drug-likeness (QED) is 0.664. The highest BCUT2D eigenvalue weighted by atomic mass is 16.6. The third-order valence-corrected chi connectivity index (χ3v) is 4.38. The van der Waals surface area contributed by atoms with E-state index in [-0.39, 0.29) is 12.5 Å². The number of hydrogen-bond donors (Lipinski definition) is 1. The van der Waals surface area contributed by atoms with Crippen molar-refractivity contribution in [3.8, 4) is 22.8 Å².